The molecule has 1 saturated carbocycles. The summed E-state index contributed by atoms with van der Waals surface area (Å²) in [6.07, 6.45) is 9.63. The van der Waals surface area contributed by atoms with Crippen LogP contribution in [0.3, 0.4) is 0 Å². The molecule has 1 N–H and O–H groups in total. The molecule has 1 rings (SSSR count). The number of hydrogen-bond donors (Lipinski definition) is 1. The Morgan fingerprint density at radius 1 is 1.29 bits per heavy atom. The zero-order valence-corrected chi connectivity index (χ0v) is 12.1. The molecule has 4 heteroatoms. The molecule has 1 atom stereocenters. The van der Waals surface area contributed by atoms with Crippen molar-refractivity contribution in [2.24, 2.45) is 5.92 Å². The molecule has 3 nitrogen and oxygen atoms in total. The largest absolute Gasteiger partial charge is 0.314 e. The van der Waals surface area contributed by atoms with Crippen LogP contribution in [0.2, 0.25) is 0 Å². The first-order valence-corrected chi connectivity index (χ1v) is 9.00. The lowest BCUT2D eigenvalue weighted by molar-refractivity contribution is 0.338. The van der Waals surface area contributed by atoms with Gasteiger partial charge in [-0.05, 0) is 44.6 Å². The van der Waals surface area contributed by atoms with Crippen molar-refractivity contribution >= 4 is 9.84 Å². The van der Waals surface area contributed by atoms with Crippen molar-refractivity contribution in [2.75, 3.05) is 18.6 Å². The lowest BCUT2D eigenvalue weighted by Crippen LogP contribution is -2.36. The number of sulfone groups is 1. The summed E-state index contributed by atoms with van der Waals surface area (Å²) in [7, 11) is -2.79. The van der Waals surface area contributed by atoms with E-state index in [0.717, 1.165) is 31.7 Å². The van der Waals surface area contributed by atoms with Gasteiger partial charge in [-0.1, -0.05) is 19.8 Å². The van der Waals surface area contributed by atoms with Gasteiger partial charge in [0.05, 0.1) is 0 Å². The molecule has 1 aliphatic carbocycles. The topological polar surface area (TPSA) is 46.2 Å². The van der Waals surface area contributed by atoms with Crippen molar-refractivity contribution in [3.05, 3.63) is 0 Å². The average Bonchev–Trinajstić information content (AvgIpc) is 2.74. The molecule has 0 saturated heterocycles. The van der Waals surface area contributed by atoms with E-state index in [4.69, 9.17) is 0 Å². The van der Waals surface area contributed by atoms with E-state index < -0.39 is 9.84 Å². The van der Waals surface area contributed by atoms with Crippen LogP contribution in [-0.4, -0.2) is 33.0 Å². The third-order valence-electron chi connectivity index (χ3n) is 3.66. The van der Waals surface area contributed by atoms with Crippen molar-refractivity contribution < 1.29 is 8.42 Å². The SMILES string of the molecule is CCCNC(CCCS(C)(=O)=O)C1CCCC1. The highest BCUT2D eigenvalue weighted by molar-refractivity contribution is 7.90. The fourth-order valence-electron chi connectivity index (χ4n) is 2.76. The monoisotopic (exact) mass is 261 g/mol. The van der Waals surface area contributed by atoms with Gasteiger partial charge in [0, 0.05) is 18.1 Å². The van der Waals surface area contributed by atoms with E-state index in [9.17, 15) is 8.42 Å². The predicted octanol–water partition coefficient (Wildman–Crippen LogP) is 2.37. The molecule has 1 unspecified atom stereocenters. The van der Waals surface area contributed by atoms with Gasteiger partial charge in [-0.3, -0.25) is 0 Å². The van der Waals surface area contributed by atoms with Gasteiger partial charge in [-0.15, -0.1) is 0 Å². The molecule has 0 amide bonds. The van der Waals surface area contributed by atoms with Crippen LogP contribution in [-0.2, 0) is 9.84 Å². The summed E-state index contributed by atoms with van der Waals surface area (Å²) in [5.74, 6) is 1.12. The molecule has 0 radical (unpaired) electrons. The quantitative estimate of drug-likeness (QED) is 0.729. The Morgan fingerprint density at radius 2 is 1.94 bits per heavy atom. The maximum atomic E-state index is 11.1. The molecule has 1 fully saturated rings. The van der Waals surface area contributed by atoms with E-state index in [0.29, 0.717) is 11.8 Å². The van der Waals surface area contributed by atoms with Gasteiger partial charge in [-0.2, -0.15) is 0 Å². The molecular formula is C13H27NO2S. The van der Waals surface area contributed by atoms with Crippen LogP contribution >= 0.6 is 0 Å². The third kappa shape index (κ3) is 6.41. The Balaban J connectivity index is 2.34. The van der Waals surface area contributed by atoms with E-state index in [-0.39, 0.29) is 0 Å². The summed E-state index contributed by atoms with van der Waals surface area (Å²) in [6.45, 7) is 3.23. The Labute approximate surface area is 106 Å². The summed E-state index contributed by atoms with van der Waals surface area (Å²) in [6, 6.07) is 0.541. The Bertz CT molecular complexity index is 295. The van der Waals surface area contributed by atoms with E-state index in [1.165, 1.54) is 31.9 Å². The number of rotatable bonds is 8. The Kier molecular flexibility index (Phi) is 6.49. The van der Waals surface area contributed by atoms with Gasteiger partial charge in [0.25, 0.3) is 0 Å². The average molecular weight is 261 g/mol. The van der Waals surface area contributed by atoms with Gasteiger partial charge < -0.3 is 5.32 Å². The van der Waals surface area contributed by atoms with Gasteiger partial charge in [0.1, 0.15) is 9.84 Å². The molecule has 102 valence electrons. The molecule has 0 aromatic heterocycles. The minimum atomic E-state index is -2.79. The molecule has 1 aliphatic rings. The maximum absolute atomic E-state index is 11.1. The van der Waals surface area contributed by atoms with E-state index in [1.54, 1.807) is 0 Å². The minimum absolute atomic E-state index is 0.337. The highest BCUT2D eigenvalue weighted by atomic mass is 32.2. The van der Waals surface area contributed by atoms with Gasteiger partial charge in [0.15, 0.2) is 0 Å². The van der Waals surface area contributed by atoms with Crippen LogP contribution in [0.4, 0.5) is 0 Å². The summed E-state index contributed by atoms with van der Waals surface area (Å²) in [5, 5.41) is 3.60. The molecular weight excluding hydrogens is 234 g/mol. The van der Waals surface area contributed by atoms with Crippen LogP contribution in [0.1, 0.15) is 51.9 Å². The lowest BCUT2D eigenvalue weighted by atomic mass is 9.94. The minimum Gasteiger partial charge on any atom is -0.314 e. The number of hydrogen-bond acceptors (Lipinski definition) is 3. The normalized spacial score (nSPS) is 19.6. The summed E-state index contributed by atoms with van der Waals surface area (Å²) in [4.78, 5) is 0. The van der Waals surface area contributed by atoms with Gasteiger partial charge >= 0.3 is 0 Å². The molecule has 0 aromatic carbocycles. The summed E-state index contributed by atoms with van der Waals surface area (Å²) in [5.41, 5.74) is 0. The molecule has 0 heterocycles. The zero-order chi connectivity index (χ0) is 12.7. The highest BCUT2D eigenvalue weighted by Gasteiger charge is 2.24. The predicted molar refractivity (Wildman–Crippen MR) is 73.0 cm³/mol. The Morgan fingerprint density at radius 3 is 2.47 bits per heavy atom. The van der Waals surface area contributed by atoms with Crippen molar-refractivity contribution in [3.63, 3.8) is 0 Å². The Hall–Kier alpha value is -0.0900. The molecule has 0 bridgehead atoms. The lowest BCUT2D eigenvalue weighted by Gasteiger charge is -2.24. The first kappa shape index (κ1) is 15.0. The van der Waals surface area contributed by atoms with Crippen LogP contribution < -0.4 is 5.32 Å². The second kappa shape index (κ2) is 7.37. The van der Waals surface area contributed by atoms with Crippen molar-refractivity contribution in [3.8, 4) is 0 Å². The molecule has 0 aliphatic heterocycles. The van der Waals surface area contributed by atoms with Crippen molar-refractivity contribution in [1.82, 2.24) is 5.32 Å². The fourth-order valence-corrected chi connectivity index (χ4v) is 3.45. The fraction of sp³-hybridized carbons (Fsp3) is 1.00. The summed E-state index contributed by atoms with van der Waals surface area (Å²) < 4.78 is 22.3. The highest BCUT2D eigenvalue weighted by Crippen LogP contribution is 2.29. The van der Waals surface area contributed by atoms with E-state index in [2.05, 4.69) is 12.2 Å². The van der Waals surface area contributed by atoms with E-state index in [1.807, 2.05) is 0 Å². The molecule has 17 heavy (non-hydrogen) atoms. The smallest absolute Gasteiger partial charge is 0.147 e. The first-order chi connectivity index (χ1) is 8.03. The van der Waals surface area contributed by atoms with Crippen molar-refractivity contribution in [2.45, 2.75) is 57.9 Å². The third-order valence-corrected chi connectivity index (χ3v) is 4.69. The maximum Gasteiger partial charge on any atom is 0.147 e. The summed E-state index contributed by atoms with van der Waals surface area (Å²) >= 11 is 0. The molecule has 0 spiro atoms. The van der Waals surface area contributed by atoms with Crippen LogP contribution in [0, 0.1) is 5.92 Å². The van der Waals surface area contributed by atoms with Crippen LogP contribution in [0.25, 0.3) is 0 Å². The second-order valence-electron chi connectivity index (χ2n) is 5.38. The van der Waals surface area contributed by atoms with Crippen molar-refractivity contribution in [1.29, 1.82) is 0 Å². The van der Waals surface area contributed by atoms with Crippen LogP contribution in [0.15, 0.2) is 0 Å². The number of nitrogens with one attached hydrogen (secondary N) is 1. The van der Waals surface area contributed by atoms with Gasteiger partial charge in [0.2, 0.25) is 0 Å². The standard InChI is InChI=1S/C13H27NO2S/c1-3-10-14-13(12-7-4-5-8-12)9-6-11-17(2,15)16/h12-14H,3-11H2,1-2H3. The zero-order valence-electron chi connectivity index (χ0n) is 11.2. The van der Waals surface area contributed by atoms with Crippen LogP contribution in [0.5, 0.6) is 0 Å². The van der Waals surface area contributed by atoms with Gasteiger partial charge in [-0.25, -0.2) is 8.42 Å². The first-order valence-electron chi connectivity index (χ1n) is 6.94. The second-order valence-corrected chi connectivity index (χ2v) is 7.64. The van der Waals surface area contributed by atoms with E-state index >= 15 is 0 Å². The molecule has 0 aromatic rings.